The Morgan fingerprint density at radius 2 is 2.06 bits per heavy atom. The Morgan fingerprint density at radius 3 is 2.78 bits per heavy atom. The number of likely N-dealkylation sites (tertiary alicyclic amines) is 1. The van der Waals surface area contributed by atoms with Crippen molar-refractivity contribution in [3.63, 3.8) is 0 Å². The predicted molar refractivity (Wildman–Crippen MR) is 136 cm³/mol. The normalized spacial score (nSPS) is 18.6. The number of hydrogen-bond donors (Lipinski definition) is 2. The third-order valence-corrected chi connectivity index (χ3v) is 7.24. The summed E-state index contributed by atoms with van der Waals surface area (Å²) in [5.74, 6) is 0.179. The molecule has 1 saturated heterocycles. The van der Waals surface area contributed by atoms with Gasteiger partial charge in [-0.2, -0.15) is 5.10 Å². The molecule has 11 heteroatoms. The van der Waals surface area contributed by atoms with Crippen molar-refractivity contribution in [2.75, 3.05) is 32.6 Å². The monoisotopic (exact) mass is 505 g/mol. The molecule has 10 nitrogen and oxygen atoms in total. The van der Waals surface area contributed by atoms with Gasteiger partial charge in [-0.25, -0.2) is 15.0 Å². The molecule has 4 aromatic rings. The first kappa shape index (κ1) is 24.0. The van der Waals surface area contributed by atoms with Gasteiger partial charge in [-0.15, -0.1) is 11.3 Å². The zero-order valence-corrected chi connectivity index (χ0v) is 21.1. The Bertz CT molecular complexity index is 1390. The summed E-state index contributed by atoms with van der Waals surface area (Å²) in [4.78, 5) is 27.9. The second-order valence-corrected chi connectivity index (χ2v) is 9.61. The van der Waals surface area contributed by atoms with Gasteiger partial charge in [0.1, 0.15) is 10.7 Å². The number of nitrogens with zero attached hydrogens (tertiary/aromatic N) is 6. The van der Waals surface area contributed by atoms with Crippen LogP contribution in [0.25, 0.3) is 22.0 Å². The number of benzene rings is 1. The fourth-order valence-electron chi connectivity index (χ4n) is 4.38. The van der Waals surface area contributed by atoms with E-state index in [9.17, 15) is 9.90 Å². The SMILES string of the molecule is COC[C@H](Nc1nccc(-c2nc(-c3cccc([C@]4(O)CCN(C)C4=O)c3)cs2)n1)c1ccnn1C. The number of nitrogens with one attached hydrogen (secondary N) is 1. The molecule has 2 atom stereocenters. The van der Waals surface area contributed by atoms with Crippen LogP contribution in [0, 0.1) is 0 Å². The summed E-state index contributed by atoms with van der Waals surface area (Å²) in [6.45, 7) is 0.950. The fraction of sp³-hybridized carbons (Fsp3) is 0.320. The van der Waals surface area contributed by atoms with Crippen LogP contribution in [0.1, 0.15) is 23.7 Å². The van der Waals surface area contributed by atoms with Crippen LogP contribution < -0.4 is 5.32 Å². The molecule has 186 valence electrons. The molecule has 1 aromatic carbocycles. The van der Waals surface area contributed by atoms with Crippen LogP contribution in [0.4, 0.5) is 5.95 Å². The van der Waals surface area contributed by atoms with Gasteiger partial charge >= 0.3 is 0 Å². The Labute approximate surface area is 212 Å². The second-order valence-electron chi connectivity index (χ2n) is 8.75. The van der Waals surface area contributed by atoms with Crippen LogP contribution in [0.2, 0.25) is 0 Å². The minimum absolute atomic E-state index is 0.171. The lowest BCUT2D eigenvalue weighted by Gasteiger charge is -2.21. The van der Waals surface area contributed by atoms with E-state index in [0.717, 1.165) is 22.0 Å². The number of anilines is 1. The Morgan fingerprint density at radius 1 is 1.19 bits per heavy atom. The van der Waals surface area contributed by atoms with E-state index in [4.69, 9.17) is 9.72 Å². The van der Waals surface area contributed by atoms with E-state index < -0.39 is 5.60 Å². The van der Waals surface area contributed by atoms with Crippen molar-refractivity contribution in [3.05, 3.63) is 65.4 Å². The number of rotatable bonds is 8. The number of aliphatic hydroxyl groups is 1. The summed E-state index contributed by atoms with van der Waals surface area (Å²) in [6, 6.07) is 11.0. The first-order valence-corrected chi connectivity index (χ1v) is 12.4. The topological polar surface area (TPSA) is 118 Å². The lowest BCUT2D eigenvalue weighted by atomic mass is 9.90. The summed E-state index contributed by atoms with van der Waals surface area (Å²) < 4.78 is 7.16. The summed E-state index contributed by atoms with van der Waals surface area (Å²) in [7, 11) is 5.23. The van der Waals surface area contributed by atoms with Crippen LogP contribution in [0.5, 0.6) is 0 Å². The van der Waals surface area contributed by atoms with Gasteiger partial charge in [0.2, 0.25) is 5.95 Å². The third-order valence-electron chi connectivity index (χ3n) is 6.38. The number of methoxy groups -OCH3 is 1. The van der Waals surface area contributed by atoms with Gasteiger partial charge in [0.25, 0.3) is 5.91 Å². The highest BCUT2D eigenvalue weighted by Gasteiger charge is 2.45. The van der Waals surface area contributed by atoms with E-state index in [-0.39, 0.29) is 11.9 Å². The molecule has 3 aromatic heterocycles. The summed E-state index contributed by atoms with van der Waals surface area (Å²) in [6.07, 6.45) is 3.80. The van der Waals surface area contributed by atoms with Gasteiger partial charge in [-0.3, -0.25) is 9.48 Å². The number of amides is 1. The van der Waals surface area contributed by atoms with Crippen molar-refractivity contribution in [2.24, 2.45) is 7.05 Å². The van der Waals surface area contributed by atoms with E-state index >= 15 is 0 Å². The fourth-order valence-corrected chi connectivity index (χ4v) is 5.18. The molecule has 0 aliphatic carbocycles. The van der Waals surface area contributed by atoms with Gasteiger partial charge in [0.15, 0.2) is 5.60 Å². The molecular weight excluding hydrogens is 478 g/mol. The zero-order valence-electron chi connectivity index (χ0n) is 20.3. The molecule has 2 N–H and O–H groups in total. The molecule has 1 aliphatic rings. The molecule has 1 fully saturated rings. The van der Waals surface area contributed by atoms with E-state index in [0.29, 0.717) is 36.8 Å². The number of carbonyl (C=O) groups excluding carboxylic acids is 1. The third kappa shape index (κ3) is 4.48. The van der Waals surface area contributed by atoms with Gasteiger partial charge in [-0.05, 0) is 23.8 Å². The molecule has 0 spiro atoms. The van der Waals surface area contributed by atoms with Gasteiger partial charge in [0, 0.05) is 57.5 Å². The standard InChI is InChI=1S/C25H27N7O3S/c1-31-12-9-25(34,23(31)33)17-6-4-5-16(13-17)20-15-36-22(28-20)18-7-10-26-24(29-18)30-19(14-35-3)21-8-11-27-32(21)2/h4-8,10-11,13,15,19,34H,9,12,14H2,1-3H3,(H,26,29,30)/t19-,25+/m0/s1. The number of ether oxygens (including phenoxy) is 1. The Hall–Kier alpha value is -3.67. The number of hydrogen-bond acceptors (Lipinski definition) is 9. The van der Waals surface area contributed by atoms with Crippen molar-refractivity contribution < 1.29 is 14.6 Å². The van der Waals surface area contributed by atoms with Crippen LogP contribution >= 0.6 is 11.3 Å². The molecule has 0 radical (unpaired) electrons. The lowest BCUT2D eigenvalue weighted by Crippen LogP contribution is -2.36. The minimum Gasteiger partial charge on any atom is -0.382 e. The highest BCUT2D eigenvalue weighted by molar-refractivity contribution is 7.13. The summed E-state index contributed by atoms with van der Waals surface area (Å²) >= 11 is 1.47. The highest BCUT2D eigenvalue weighted by Crippen LogP contribution is 2.35. The minimum atomic E-state index is -1.50. The Kier molecular flexibility index (Phi) is 6.52. The first-order valence-electron chi connectivity index (χ1n) is 11.5. The molecule has 0 saturated carbocycles. The van der Waals surface area contributed by atoms with E-state index in [2.05, 4.69) is 20.4 Å². The number of aryl methyl sites for hydroxylation is 1. The molecule has 0 unspecified atom stereocenters. The molecule has 4 heterocycles. The average molecular weight is 506 g/mol. The molecule has 1 aliphatic heterocycles. The van der Waals surface area contributed by atoms with Crippen molar-refractivity contribution in [2.45, 2.75) is 18.1 Å². The number of likely N-dealkylation sites (N-methyl/N-ethyl adjacent to an activating group) is 1. The summed E-state index contributed by atoms with van der Waals surface area (Å²) in [5, 5.41) is 21.3. The van der Waals surface area contributed by atoms with Crippen LogP contribution in [-0.4, -0.2) is 68.0 Å². The number of aromatic nitrogens is 5. The maximum atomic E-state index is 12.5. The predicted octanol–water partition coefficient (Wildman–Crippen LogP) is 2.85. The van der Waals surface area contributed by atoms with Gasteiger partial charge in [0.05, 0.1) is 24.0 Å². The molecule has 1 amide bonds. The maximum Gasteiger partial charge on any atom is 0.258 e. The van der Waals surface area contributed by atoms with E-state index in [1.807, 2.05) is 42.8 Å². The largest absolute Gasteiger partial charge is 0.382 e. The molecule has 5 rings (SSSR count). The molecular formula is C25H27N7O3S. The number of thiazole rings is 1. The van der Waals surface area contributed by atoms with Crippen molar-refractivity contribution in [3.8, 4) is 22.0 Å². The molecule has 0 bridgehead atoms. The van der Waals surface area contributed by atoms with E-state index in [1.165, 1.54) is 11.3 Å². The molecule has 36 heavy (non-hydrogen) atoms. The van der Waals surface area contributed by atoms with Gasteiger partial charge < -0.3 is 20.1 Å². The van der Waals surface area contributed by atoms with Crippen LogP contribution in [0.3, 0.4) is 0 Å². The van der Waals surface area contributed by atoms with Crippen LogP contribution in [-0.2, 0) is 22.2 Å². The summed E-state index contributed by atoms with van der Waals surface area (Å²) in [5.41, 5.74) is 2.30. The van der Waals surface area contributed by atoms with Crippen molar-refractivity contribution in [1.82, 2.24) is 29.6 Å². The first-order chi connectivity index (χ1) is 17.4. The van der Waals surface area contributed by atoms with Crippen LogP contribution in [0.15, 0.2) is 54.2 Å². The average Bonchev–Trinajstić information content (AvgIpc) is 3.61. The van der Waals surface area contributed by atoms with Crippen molar-refractivity contribution in [1.29, 1.82) is 0 Å². The Balaban J connectivity index is 1.39. The highest BCUT2D eigenvalue weighted by atomic mass is 32.1. The lowest BCUT2D eigenvalue weighted by molar-refractivity contribution is -0.143. The quantitative estimate of drug-likeness (QED) is 0.375. The number of carbonyl (C=O) groups is 1. The van der Waals surface area contributed by atoms with Gasteiger partial charge in [-0.1, -0.05) is 18.2 Å². The second kappa shape index (κ2) is 9.76. The van der Waals surface area contributed by atoms with Crippen molar-refractivity contribution >= 4 is 23.2 Å². The smallest absolute Gasteiger partial charge is 0.258 e. The van der Waals surface area contributed by atoms with E-state index in [1.54, 1.807) is 42.2 Å². The zero-order chi connectivity index (χ0) is 25.3. The maximum absolute atomic E-state index is 12.5.